The molecule has 1 amide bonds. The van der Waals surface area contributed by atoms with Crippen molar-refractivity contribution in [3.8, 4) is 0 Å². The quantitative estimate of drug-likeness (QED) is 0.808. The van der Waals surface area contributed by atoms with Crippen LogP contribution in [0.15, 0.2) is 44.5 Å². The Morgan fingerprint density at radius 1 is 1.26 bits per heavy atom. The lowest BCUT2D eigenvalue weighted by molar-refractivity contribution is 0.0940. The molecular weight excluding hydrogens is 354 g/mol. The maximum atomic E-state index is 11.8. The van der Waals surface area contributed by atoms with Gasteiger partial charge in [0.2, 0.25) is 0 Å². The van der Waals surface area contributed by atoms with E-state index in [1.54, 1.807) is 18.2 Å². The Bertz CT molecular complexity index is 685. The molecule has 100 valence electrons. The third kappa shape index (κ3) is 3.60. The molecule has 9 heteroatoms. The van der Waals surface area contributed by atoms with Gasteiger partial charge in [0, 0.05) is 6.20 Å². The van der Waals surface area contributed by atoms with Crippen molar-refractivity contribution < 1.29 is 13.2 Å². The summed E-state index contributed by atoms with van der Waals surface area (Å²) in [6, 6.07) is 7.81. The average Bonchev–Trinajstić information content (AvgIpc) is 2.85. The zero-order valence-electron chi connectivity index (χ0n) is 9.33. The van der Waals surface area contributed by atoms with Gasteiger partial charge in [-0.3, -0.25) is 15.2 Å². The first-order valence-electron chi connectivity index (χ1n) is 4.97. The lowest BCUT2D eigenvalue weighted by Crippen LogP contribution is -2.41. The summed E-state index contributed by atoms with van der Waals surface area (Å²) in [5.41, 5.74) is 2.22. The van der Waals surface area contributed by atoms with Gasteiger partial charge in [0.1, 0.15) is 9.90 Å². The van der Waals surface area contributed by atoms with Crippen LogP contribution in [0.3, 0.4) is 0 Å². The molecule has 19 heavy (non-hydrogen) atoms. The van der Waals surface area contributed by atoms with E-state index in [2.05, 4.69) is 26.3 Å². The molecule has 0 aliphatic heterocycles. The zero-order valence-corrected chi connectivity index (χ0v) is 12.5. The molecule has 2 aromatic rings. The summed E-state index contributed by atoms with van der Waals surface area (Å²) < 4.78 is 24.4. The number of nitrogens with zero attached hydrogens (tertiary/aromatic N) is 1. The second-order valence-electron chi connectivity index (χ2n) is 3.33. The van der Waals surface area contributed by atoms with E-state index < -0.39 is 15.9 Å². The number of hydrogen-bond donors (Lipinski definition) is 2. The first kappa shape index (κ1) is 14.1. The molecule has 0 radical (unpaired) electrons. The molecule has 0 fully saturated rings. The topological polar surface area (TPSA) is 88.2 Å². The van der Waals surface area contributed by atoms with Crippen molar-refractivity contribution in [3.63, 3.8) is 0 Å². The lowest BCUT2D eigenvalue weighted by atomic mass is 10.3. The molecule has 0 saturated carbocycles. The molecule has 0 aromatic carbocycles. The maximum Gasteiger partial charge on any atom is 0.284 e. The molecule has 2 N–H and O–H groups in total. The highest BCUT2D eigenvalue weighted by Crippen LogP contribution is 2.25. The first-order chi connectivity index (χ1) is 8.99. The van der Waals surface area contributed by atoms with E-state index in [0.717, 1.165) is 11.3 Å². The smallest absolute Gasteiger partial charge is 0.272 e. The minimum Gasteiger partial charge on any atom is -0.272 e. The SMILES string of the molecule is O=C(NNS(=O)(=O)c1ccc(Br)s1)c1ccccn1. The number of halogens is 1. The number of amides is 1. The molecule has 0 unspecified atom stereocenters. The van der Waals surface area contributed by atoms with Crippen LogP contribution >= 0.6 is 27.3 Å². The van der Waals surface area contributed by atoms with E-state index in [9.17, 15) is 13.2 Å². The fraction of sp³-hybridized carbons (Fsp3) is 0. The van der Waals surface area contributed by atoms with Crippen molar-refractivity contribution in [2.24, 2.45) is 0 Å². The number of aromatic nitrogens is 1. The molecule has 6 nitrogen and oxygen atoms in total. The number of hydrazine groups is 1. The minimum absolute atomic E-state index is 0.0979. The van der Waals surface area contributed by atoms with Gasteiger partial charge in [0.15, 0.2) is 0 Å². The van der Waals surface area contributed by atoms with Crippen LogP contribution in [0.5, 0.6) is 0 Å². The number of pyridine rings is 1. The summed E-state index contributed by atoms with van der Waals surface area (Å²) in [6.45, 7) is 0. The molecule has 2 rings (SSSR count). The first-order valence-corrected chi connectivity index (χ1v) is 8.07. The fourth-order valence-corrected chi connectivity index (χ4v) is 4.02. The van der Waals surface area contributed by atoms with Crippen molar-refractivity contribution >= 4 is 43.2 Å². The van der Waals surface area contributed by atoms with Crippen LogP contribution < -0.4 is 10.3 Å². The second-order valence-corrected chi connectivity index (χ2v) is 7.71. The predicted molar refractivity (Wildman–Crippen MR) is 74.0 cm³/mol. The van der Waals surface area contributed by atoms with Gasteiger partial charge in [-0.05, 0) is 40.2 Å². The second kappa shape index (κ2) is 5.78. The van der Waals surface area contributed by atoms with Crippen LogP contribution in [0.2, 0.25) is 0 Å². The molecule has 2 heterocycles. The highest BCUT2D eigenvalue weighted by Gasteiger charge is 2.17. The van der Waals surface area contributed by atoms with Crippen LogP contribution in [-0.4, -0.2) is 19.3 Å². The van der Waals surface area contributed by atoms with Gasteiger partial charge in [-0.15, -0.1) is 16.2 Å². The number of carbonyl (C=O) groups excluding carboxylic acids is 1. The number of sulfonamides is 1. The molecule has 0 spiro atoms. The standard InChI is InChI=1S/C10H8BrN3O3S2/c11-8-4-5-9(18-8)19(16,17)14-13-10(15)7-3-1-2-6-12-7/h1-6,14H,(H,13,15). The van der Waals surface area contributed by atoms with E-state index in [1.807, 2.05) is 4.83 Å². The van der Waals surface area contributed by atoms with E-state index in [4.69, 9.17) is 0 Å². The van der Waals surface area contributed by atoms with Crippen molar-refractivity contribution in [3.05, 3.63) is 46.0 Å². The van der Waals surface area contributed by atoms with Crippen molar-refractivity contribution in [1.29, 1.82) is 0 Å². The summed E-state index contributed by atoms with van der Waals surface area (Å²) in [6.07, 6.45) is 1.44. The Morgan fingerprint density at radius 2 is 2.05 bits per heavy atom. The molecule has 0 aliphatic carbocycles. The predicted octanol–water partition coefficient (Wildman–Crippen LogP) is 1.53. The summed E-state index contributed by atoms with van der Waals surface area (Å²) in [5.74, 6) is -0.625. The van der Waals surface area contributed by atoms with Gasteiger partial charge < -0.3 is 0 Å². The maximum absolute atomic E-state index is 11.8. The van der Waals surface area contributed by atoms with Crippen LogP contribution in [0, 0.1) is 0 Å². The molecular formula is C10H8BrN3O3S2. The largest absolute Gasteiger partial charge is 0.284 e. The van der Waals surface area contributed by atoms with Gasteiger partial charge in [-0.25, -0.2) is 8.42 Å². The minimum atomic E-state index is -3.76. The van der Waals surface area contributed by atoms with Crippen molar-refractivity contribution in [2.45, 2.75) is 4.21 Å². The van der Waals surface area contributed by atoms with Gasteiger partial charge >= 0.3 is 0 Å². The van der Waals surface area contributed by atoms with Crippen LogP contribution in [0.4, 0.5) is 0 Å². The van der Waals surface area contributed by atoms with E-state index in [0.29, 0.717) is 3.79 Å². The Balaban J connectivity index is 2.05. The Kier molecular flexibility index (Phi) is 4.30. The lowest BCUT2D eigenvalue weighted by Gasteiger charge is -2.06. The Morgan fingerprint density at radius 3 is 2.63 bits per heavy atom. The Hall–Kier alpha value is -1.29. The van der Waals surface area contributed by atoms with Gasteiger partial charge in [0.05, 0.1) is 3.79 Å². The highest BCUT2D eigenvalue weighted by molar-refractivity contribution is 9.11. The van der Waals surface area contributed by atoms with Crippen LogP contribution in [0.1, 0.15) is 10.5 Å². The highest BCUT2D eigenvalue weighted by atomic mass is 79.9. The third-order valence-electron chi connectivity index (χ3n) is 2.01. The Labute approximate surface area is 122 Å². The van der Waals surface area contributed by atoms with Gasteiger partial charge in [-0.1, -0.05) is 6.07 Å². The summed E-state index contributed by atoms with van der Waals surface area (Å²) in [4.78, 5) is 17.4. The summed E-state index contributed by atoms with van der Waals surface area (Å²) in [7, 11) is -3.76. The van der Waals surface area contributed by atoms with Gasteiger partial charge in [-0.2, -0.15) is 0 Å². The number of rotatable bonds is 4. The summed E-state index contributed by atoms with van der Waals surface area (Å²) in [5, 5.41) is 0. The van der Waals surface area contributed by atoms with Gasteiger partial charge in [0.25, 0.3) is 15.9 Å². The number of nitrogens with one attached hydrogen (secondary N) is 2. The zero-order chi connectivity index (χ0) is 13.9. The van der Waals surface area contributed by atoms with E-state index >= 15 is 0 Å². The van der Waals surface area contributed by atoms with E-state index in [1.165, 1.54) is 18.3 Å². The summed E-state index contributed by atoms with van der Waals surface area (Å²) >= 11 is 4.21. The number of thiophene rings is 1. The number of hydrogen-bond acceptors (Lipinski definition) is 5. The normalized spacial score (nSPS) is 11.2. The molecule has 0 saturated heterocycles. The third-order valence-corrected chi connectivity index (χ3v) is 5.37. The van der Waals surface area contributed by atoms with Crippen molar-refractivity contribution in [1.82, 2.24) is 15.2 Å². The van der Waals surface area contributed by atoms with Crippen LogP contribution in [0.25, 0.3) is 0 Å². The van der Waals surface area contributed by atoms with Crippen LogP contribution in [-0.2, 0) is 10.0 Å². The molecule has 2 aromatic heterocycles. The number of carbonyl (C=O) groups is 1. The van der Waals surface area contributed by atoms with E-state index in [-0.39, 0.29) is 9.90 Å². The fourth-order valence-electron chi connectivity index (χ4n) is 1.17. The molecule has 0 bridgehead atoms. The monoisotopic (exact) mass is 361 g/mol. The molecule has 0 aliphatic rings. The average molecular weight is 362 g/mol. The van der Waals surface area contributed by atoms with Crippen molar-refractivity contribution in [2.75, 3.05) is 0 Å². The molecule has 0 atom stereocenters.